The van der Waals surface area contributed by atoms with Crippen LogP contribution in [-0.2, 0) is 21.9 Å². The Morgan fingerprint density at radius 2 is 1.83 bits per heavy atom. The minimum Gasteiger partial charge on any atom is -0.352 e. The zero-order chi connectivity index (χ0) is 22.1. The van der Waals surface area contributed by atoms with Gasteiger partial charge in [0.1, 0.15) is 11.9 Å². The summed E-state index contributed by atoms with van der Waals surface area (Å²) < 4.78 is 13.3. The Bertz CT molecular complexity index is 847. The molecular formula is C23H28ClFN2O2S. The molecule has 0 fully saturated rings. The van der Waals surface area contributed by atoms with Gasteiger partial charge < -0.3 is 10.2 Å². The Morgan fingerprint density at radius 3 is 2.47 bits per heavy atom. The highest BCUT2D eigenvalue weighted by molar-refractivity contribution is 7.99. The number of nitrogens with one attached hydrogen (secondary N) is 1. The molecule has 2 amide bonds. The van der Waals surface area contributed by atoms with Gasteiger partial charge in [-0.05, 0) is 55.7 Å². The SMILES string of the molecule is CC[C@H](C)NC(=O)[C@@H](C)N(Cc1ccc(F)cc1)C(=O)CSCc1cccc(Cl)c1. The molecule has 0 saturated carbocycles. The third-order valence-corrected chi connectivity index (χ3v) is 6.04. The second kappa shape index (κ2) is 12.0. The van der Waals surface area contributed by atoms with Gasteiger partial charge >= 0.3 is 0 Å². The number of halogens is 2. The number of thioether (sulfide) groups is 1. The quantitative estimate of drug-likeness (QED) is 0.551. The van der Waals surface area contributed by atoms with E-state index in [2.05, 4.69) is 5.32 Å². The van der Waals surface area contributed by atoms with Gasteiger partial charge in [0.05, 0.1) is 5.75 Å². The molecule has 0 aliphatic rings. The first-order valence-electron chi connectivity index (χ1n) is 9.96. The van der Waals surface area contributed by atoms with E-state index >= 15 is 0 Å². The van der Waals surface area contributed by atoms with Crippen molar-refractivity contribution in [2.45, 2.75) is 51.6 Å². The van der Waals surface area contributed by atoms with Gasteiger partial charge in [-0.3, -0.25) is 9.59 Å². The van der Waals surface area contributed by atoms with Crippen molar-refractivity contribution < 1.29 is 14.0 Å². The first-order valence-corrected chi connectivity index (χ1v) is 11.5. The highest BCUT2D eigenvalue weighted by Crippen LogP contribution is 2.18. The summed E-state index contributed by atoms with van der Waals surface area (Å²) in [6, 6.07) is 12.9. The molecule has 0 aromatic heterocycles. The lowest BCUT2D eigenvalue weighted by molar-refractivity contribution is -0.138. The molecule has 0 aliphatic carbocycles. The topological polar surface area (TPSA) is 49.4 Å². The Morgan fingerprint density at radius 1 is 1.13 bits per heavy atom. The standard InChI is InChI=1S/C23H28ClFN2O2S/c1-4-16(2)26-23(29)17(3)27(13-18-8-10-21(25)11-9-18)22(28)15-30-14-19-6-5-7-20(24)12-19/h5-12,16-17H,4,13-15H2,1-3H3,(H,26,29)/t16-,17+/m0/s1. The van der Waals surface area contributed by atoms with Crippen LogP contribution in [0.1, 0.15) is 38.3 Å². The largest absolute Gasteiger partial charge is 0.352 e. The minimum absolute atomic E-state index is 0.0277. The van der Waals surface area contributed by atoms with E-state index < -0.39 is 6.04 Å². The number of carbonyl (C=O) groups is 2. The maximum Gasteiger partial charge on any atom is 0.242 e. The Balaban J connectivity index is 2.07. The molecule has 0 spiro atoms. The maximum atomic E-state index is 13.3. The van der Waals surface area contributed by atoms with Gasteiger partial charge in [0, 0.05) is 23.4 Å². The van der Waals surface area contributed by atoms with Gasteiger partial charge in [0.25, 0.3) is 0 Å². The van der Waals surface area contributed by atoms with Crippen LogP contribution in [-0.4, -0.2) is 34.6 Å². The van der Waals surface area contributed by atoms with Gasteiger partial charge in [-0.25, -0.2) is 4.39 Å². The molecule has 1 N–H and O–H groups in total. The summed E-state index contributed by atoms with van der Waals surface area (Å²) in [6.45, 7) is 5.88. The van der Waals surface area contributed by atoms with Crippen molar-refractivity contribution >= 4 is 35.2 Å². The molecule has 30 heavy (non-hydrogen) atoms. The van der Waals surface area contributed by atoms with Crippen molar-refractivity contribution in [3.8, 4) is 0 Å². The van der Waals surface area contributed by atoms with Crippen LogP contribution in [0, 0.1) is 5.82 Å². The Hall–Kier alpha value is -2.05. The van der Waals surface area contributed by atoms with E-state index in [1.807, 2.05) is 38.1 Å². The monoisotopic (exact) mass is 450 g/mol. The smallest absolute Gasteiger partial charge is 0.242 e. The van der Waals surface area contributed by atoms with Crippen molar-refractivity contribution in [2.24, 2.45) is 0 Å². The van der Waals surface area contributed by atoms with E-state index in [0.717, 1.165) is 17.5 Å². The van der Waals surface area contributed by atoms with Gasteiger partial charge in [-0.15, -0.1) is 11.8 Å². The molecular weight excluding hydrogens is 423 g/mol. The molecule has 0 radical (unpaired) electrons. The van der Waals surface area contributed by atoms with Crippen LogP contribution in [0.25, 0.3) is 0 Å². The van der Waals surface area contributed by atoms with Crippen LogP contribution in [0.3, 0.4) is 0 Å². The Labute approximate surface area is 187 Å². The molecule has 0 saturated heterocycles. The van der Waals surface area contributed by atoms with Crippen LogP contribution in [0.5, 0.6) is 0 Å². The van der Waals surface area contributed by atoms with Gasteiger partial charge in [0.2, 0.25) is 11.8 Å². The molecule has 2 aromatic rings. The number of nitrogens with zero attached hydrogens (tertiary/aromatic N) is 1. The predicted octanol–water partition coefficient (Wildman–Crippen LogP) is 5.04. The predicted molar refractivity (Wildman–Crippen MR) is 122 cm³/mol. The van der Waals surface area contributed by atoms with Crippen LogP contribution >= 0.6 is 23.4 Å². The number of benzene rings is 2. The fraction of sp³-hybridized carbons (Fsp3) is 0.391. The van der Waals surface area contributed by atoms with Crippen molar-refractivity contribution in [1.82, 2.24) is 10.2 Å². The number of hydrogen-bond donors (Lipinski definition) is 1. The molecule has 0 aliphatic heterocycles. The van der Waals surface area contributed by atoms with Crippen LogP contribution in [0.15, 0.2) is 48.5 Å². The van der Waals surface area contributed by atoms with Gasteiger partial charge in [-0.2, -0.15) is 0 Å². The maximum absolute atomic E-state index is 13.3. The highest BCUT2D eigenvalue weighted by Gasteiger charge is 2.26. The van der Waals surface area contributed by atoms with E-state index in [9.17, 15) is 14.0 Å². The number of carbonyl (C=O) groups excluding carboxylic acids is 2. The molecule has 7 heteroatoms. The molecule has 162 valence electrons. The lowest BCUT2D eigenvalue weighted by Gasteiger charge is -2.29. The van der Waals surface area contributed by atoms with E-state index in [0.29, 0.717) is 10.8 Å². The van der Waals surface area contributed by atoms with Crippen molar-refractivity contribution in [3.63, 3.8) is 0 Å². The van der Waals surface area contributed by atoms with Crippen LogP contribution < -0.4 is 5.32 Å². The molecule has 0 heterocycles. The first-order chi connectivity index (χ1) is 14.3. The van der Waals surface area contributed by atoms with Gasteiger partial charge in [0.15, 0.2) is 0 Å². The summed E-state index contributed by atoms with van der Waals surface area (Å²) in [4.78, 5) is 27.2. The summed E-state index contributed by atoms with van der Waals surface area (Å²) >= 11 is 7.48. The van der Waals surface area contributed by atoms with E-state index in [1.165, 1.54) is 23.9 Å². The average Bonchev–Trinajstić information content (AvgIpc) is 2.72. The zero-order valence-electron chi connectivity index (χ0n) is 17.5. The van der Waals surface area contributed by atoms with Crippen molar-refractivity contribution in [2.75, 3.05) is 5.75 Å². The Kier molecular flexibility index (Phi) is 9.66. The van der Waals surface area contributed by atoms with Crippen molar-refractivity contribution in [1.29, 1.82) is 0 Å². The molecule has 2 aromatic carbocycles. The molecule has 0 bridgehead atoms. The van der Waals surface area contributed by atoms with E-state index in [4.69, 9.17) is 11.6 Å². The number of amides is 2. The fourth-order valence-electron chi connectivity index (χ4n) is 2.80. The third-order valence-electron chi connectivity index (χ3n) is 4.82. The highest BCUT2D eigenvalue weighted by atomic mass is 35.5. The number of hydrogen-bond acceptors (Lipinski definition) is 3. The zero-order valence-corrected chi connectivity index (χ0v) is 19.1. The molecule has 2 rings (SSSR count). The van der Waals surface area contributed by atoms with Crippen LogP contribution in [0.2, 0.25) is 5.02 Å². The fourth-order valence-corrected chi connectivity index (χ4v) is 3.87. The summed E-state index contributed by atoms with van der Waals surface area (Å²) in [7, 11) is 0. The van der Waals surface area contributed by atoms with E-state index in [1.54, 1.807) is 24.0 Å². The average molecular weight is 451 g/mol. The minimum atomic E-state index is -0.636. The first kappa shape index (κ1) is 24.2. The number of rotatable bonds is 10. The summed E-state index contributed by atoms with van der Waals surface area (Å²) in [6.07, 6.45) is 0.805. The third kappa shape index (κ3) is 7.65. The van der Waals surface area contributed by atoms with Gasteiger partial charge in [-0.1, -0.05) is 42.8 Å². The molecule has 2 atom stereocenters. The molecule has 4 nitrogen and oxygen atoms in total. The van der Waals surface area contributed by atoms with E-state index in [-0.39, 0.29) is 36.0 Å². The summed E-state index contributed by atoms with van der Waals surface area (Å²) in [5, 5.41) is 3.59. The van der Waals surface area contributed by atoms with Crippen LogP contribution in [0.4, 0.5) is 4.39 Å². The second-order valence-corrected chi connectivity index (χ2v) is 8.69. The van der Waals surface area contributed by atoms with Crippen molar-refractivity contribution in [3.05, 3.63) is 70.5 Å². The normalized spacial score (nSPS) is 12.8. The second-order valence-electron chi connectivity index (χ2n) is 7.26. The summed E-state index contributed by atoms with van der Waals surface area (Å²) in [5.41, 5.74) is 1.81. The lowest BCUT2D eigenvalue weighted by Crippen LogP contribution is -2.50. The molecule has 0 unspecified atom stereocenters. The lowest BCUT2D eigenvalue weighted by atomic mass is 10.1. The summed E-state index contributed by atoms with van der Waals surface area (Å²) in [5.74, 6) is 0.202.